The molecule has 23 heavy (non-hydrogen) atoms. The molecule has 7 heteroatoms. The van der Waals surface area contributed by atoms with Gasteiger partial charge < -0.3 is 24.4 Å². The lowest BCUT2D eigenvalue weighted by atomic mass is 10.2. The highest BCUT2D eigenvalue weighted by Gasteiger charge is 2.23. The Balaban J connectivity index is 1.65. The van der Waals surface area contributed by atoms with Crippen molar-refractivity contribution >= 4 is 5.82 Å². The Bertz CT molecular complexity index is 709. The van der Waals surface area contributed by atoms with Crippen LogP contribution in [0.3, 0.4) is 0 Å². The fourth-order valence-electron chi connectivity index (χ4n) is 2.78. The van der Waals surface area contributed by atoms with Gasteiger partial charge in [0.15, 0.2) is 0 Å². The number of hydrogen-bond acceptors (Lipinski definition) is 6. The predicted octanol–water partition coefficient (Wildman–Crippen LogP) is -0.862. The van der Waals surface area contributed by atoms with Crippen molar-refractivity contribution in [1.82, 2.24) is 4.98 Å². The van der Waals surface area contributed by atoms with Gasteiger partial charge in [-0.25, -0.2) is 4.98 Å². The maximum Gasteiger partial charge on any atom is 0.227 e. The Hall–Kier alpha value is -2.38. The van der Waals surface area contributed by atoms with Gasteiger partial charge in [-0.1, -0.05) is 6.07 Å². The summed E-state index contributed by atoms with van der Waals surface area (Å²) in [5, 5.41) is 19.0. The SMILES string of the molecule is O=c1cc(CO)oc(C[NH+]2CCN(c3ccccn3)CC2)c1O. The van der Waals surface area contributed by atoms with Gasteiger partial charge in [-0.3, -0.25) is 4.79 Å². The minimum absolute atomic E-state index is 0.175. The summed E-state index contributed by atoms with van der Waals surface area (Å²) in [5.74, 6) is 1.02. The molecule has 1 fully saturated rings. The number of anilines is 1. The van der Waals surface area contributed by atoms with Gasteiger partial charge in [-0.2, -0.15) is 0 Å². The van der Waals surface area contributed by atoms with Crippen LogP contribution < -0.4 is 15.2 Å². The lowest BCUT2D eigenvalue weighted by molar-refractivity contribution is -0.915. The minimum atomic E-state index is -0.512. The molecule has 0 unspecified atom stereocenters. The van der Waals surface area contributed by atoms with Crippen molar-refractivity contribution in [2.24, 2.45) is 0 Å². The monoisotopic (exact) mass is 318 g/mol. The van der Waals surface area contributed by atoms with Crippen LogP contribution in [0.1, 0.15) is 11.5 Å². The van der Waals surface area contributed by atoms with Crippen molar-refractivity contribution < 1.29 is 19.5 Å². The molecule has 1 aliphatic heterocycles. The Morgan fingerprint density at radius 1 is 1.30 bits per heavy atom. The molecular weight excluding hydrogens is 298 g/mol. The fraction of sp³-hybridized carbons (Fsp3) is 0.375. The van der Waals surface area contributed by atoms with E-state index in [9.17, 15) is 9.90 Å². The van der Waals surface area contributed by atoms with Gasteiger partial charge in [0.2, 0.25) is 16.9 Å². The van der Waals surface area contributed by atoms with Crippen molar-refractivity contribution in [3.05, 3.63) is 52.2 Å². The lowest BCUT2D eigenvalue weighted by Gasteiger charge is -2.32. The van der Waals surface area contributed by atoms with Crippen LogP contribution in [-0.2, 0) is 13.2 Å². The Labute approximate surface area is 133 Å². The molecule has 3 N–H and O–H groups in total. The van der Waals surface area contributed by atoms with E-state index in [2.05, 4.69) is 9.88 Å². The highest BCUT2D eigenvalue weighted by atomic mass is 16.4. The quantitative estimate of drug-likeness (QED) is 0.679. The van der Waals surface area contributed by atoms with Gasteiger partial charge in [-0.05, 0) is 12.1 Å². The molecule has 0 atom stereocenters. The zero-order valence-corrected chi connectivity index (χ0v) is 12.7. The second kappa shape index (κ2) is 6.80. The summed E-state index contributed by atoms with van der Waals surface area (Å²) in [6.45, 7) is 3.45. The van der Waals surface area contributed by atoms with E-state index in [4.69, 9.17) is 9.52 Å². The maximum atomic E-state index is 11.7. The molecule has 2 aromatic rings. The molecule has 0 aliphatic carbocycles. The zero-order valence-electron chi connectivity index (χ0n) is 12.7. The van der Waals surface area contributed by atoms with Crippen LogP contribution in [-0.4, -0.2) is 41.4 Å². The normalized spacial score (nSPS) is 15.8. The van der Waals surface area contributed by atoms with E-state index in [0.29, 0.717) is 6.54 Å². The fourth-order valence-corrected chi connectivity index (χ4v) is 2.78. The molecule has 0 saturated carbocycles. The van der Waals surface area contributed by atoms with E-state index in [1.807, 2.05) is 18.2 Å². The first-order chi connectivity index (χ1) is 11.2. The number of quaternary nitrogens is 1. The van der Waals surface area contributed by atoms with Crippen LogP contribution in [0.15, 0.2) is 39.7 Å². The molecule has 7 nitrogen and oxygen atoms in total. The summed E-state index contributed by atoms with van der Waals surface area (Å²) in [6, 6.07) is 6.96. The third kappa shape index (κ3) is 3.52. The summed E-state index contributed by atoms with van der Waals surface area (Å²) in [4.78, 5) is 19.4. The average Bonchev–Trinajstić information content (AvgIpc) is 2.60. The number of rotatable bonds is 4. The van der Waals surface area contributed by atoms with Gasteiger partial charge >= 0.3 is 0 Å². The number of nitrogens with one attached hydrogen (secondary N) is 1. The number of pyridine rings is 1. The second-order valence-electron chi connectivity index (χ2n) is 5.61. The zero-order chi connectivity index (χ0) is 16.2. The maximum absolute atomic E-state index is 11.7. The van der Waals surface area contributed by atoms with E-state index >= 15 is 0 Å². The summed E-state index contributed by atoms with van der Waals surface area (Å²) in [5.41, 5.74) is -0.512. The van der Waals surface area contributed by atoms with Crippen molar-refractivity contribution in [2.75, 3.05) is 31.1 Å². The summed E-state index contributed by atoms with van der Waals surface area (Å²) >= 11 is 0. The van der Waals surface area contributed by atoms with Crippen molar-refractivity contribution in [2.45, 2.75) is 13.2 Å². The third-order valence-electron chi connectivity index (χ3n) is 4.05. The summed E-state index contributed by atoms with van der Waals surface area (Å²) in [6.07, 6.45) is 1.78. The Morgan fingerprint density at radius 3 is 2.74 bits per heavy atom. The van der Waals surface area contributed by atoms with E-state index < -0.39 is 5.43 Å². The topological polar surface area (TPSA) is 91.2 Å². The molecule has 0 bridgehead atoms. The van der Waals surface area contributed by atoms with Crippen LogP contribution >= 0.6 is 0 Å². The lowest BCUT2D eigenvalue weighted by Crippen LogP contribution is -3.13. The number of piperazine rings is 1. The van der Waals surface area contributed by atoms with Gasteiger partial charge in [0.25, 0.3) is 0 Å². The molecule has 1 saturated heterocycles. The highest BCUT2D eigenvalue weighted by Crippen LogP contribution is 2.13. The summed E-state index contributed by atoms with van der Waals surface area (Å²) < 4.78 is 5.41. The highest BCUT2D eigenvalue weighted by molar-refractivity contribution is 5.37. The van der Waals surface area contributed by atoms with Crippen LogP contribution in [0.2, 0.25) is 0 Å². The average molecular weight is 318 g/mol. The molecule has 0 aromatic carbocycles. The van der Waals surface area contributed by atoms with Crippen molar-refractivity contribution in [3.8, 4) is 5.75 Å². The van der Waals surface area contributed by atoms with Crippen LogP contribution in [0, 0.1) is 0 Å². The molecule has 122 valence electrons. The molecular formula is C16H20N3O4+. The second-order valence-corrected chi connectivity index (χ2v) is 5.61. The molecule has 3 rings (SSSR count). The molecule has 0 spiro atoms. The first-order valence-corrected chi connectivity index (χ1v) is 7.62. The number of nitrogens with zero attached hydrogens (tertiary/aromatic N) is 2. The van der Waals surface area contributed by atoms with Gasteiger partial charge in [-0.15, -0.1) is 0 Å². The van der Waals surface area contributed by atoms with E-state index in [-0.39, 0.29) is 23.9 Å². The molecule has 0 amide bonds. The van der Waals surface area contributed by atoms with Crippen molar-refractivity contribution in [3.63, 3.8) is 0 Å². The molecule has 2 aromatic heterocycles. The number of aliphatic hydroxyl groups excluding tert-OH is 1. The van der Waals surface area contributed by atoms with Crippen LogP contribution in [0.25, 0.3) is 0 Å². The Morgan fingerprint density at radius 2 is 2.09 bits per heavy atom. The summed E-state index contributed by atoms with van der Waals surface area (Å²) in [7, 11) is 0. The van der Waals surface area contributed by atoms with E-state index in [1.165, 1.54) is 4.90 Å². The first-order valence-electron chi connectivity index (χ1n) is 7.62. The predicted molar refractivity (Wildman–Crippen MR) is 83.4 cm³/mol. The third-order valence-corrected chi connectivity index (χ3v) is 4.05. The van der Waals surface area contributed by atoms with Crippen LogP contribution in [0.4, 0.5) is 5.82 Å². The van der Waals surface area contributed by atoms with E-state index in [0.717, 1.165) is 38.1 Å². The number of aromatic hydroxyl groups is 1. The van der Waals surface area contributed by atoms with Gasteiger partial charge in [0.1, 0.15) is 24.7 Å². The first kappa shape index (κ1) is 15.5. The molecule has 0 radical (unpaired) electrons. The Kier molecular flexibility index (Phi) is 4.59. The number of aromatic nitrogens is 1. The van der Waals surface area contributed by atoms with Crippen molar-refractivity contribution in [1.29, 1.82) is 0 Å². The standard InChI is InChI=1S/C16H19N3O4/c20-11-12-9-13(21)16(22)14(23-12)10-18-5-7-19(8-6-18)15-3-1-2-4-17-15/h1-4,9,20,22H,5-8,10-11H2/p+1. The largest absolute Gasteiger partial charge is 0.502 e. The minimum Gasteiger partial charge on any atom is -0.502 e. The number of hydrogen-bond donors (Lipinski definition) is 3. The van der Waals surface area contributed by atoms with E-state index in [1.54, 1.807) is 6.20 Å². The molecule has 3 heterocycles. The smallest absolute Gasteiger partial charge is 0.227 e. The van der Waals surface area contributed by atoms with Gasteiger partial charge in [0.05, 0.1) is 26.2 Å². The number of aliphatic hydroxyl groups is 1. The van der Waals surface area contributed by atoms with Gasteiger partial charge in [0, 0.05) is 12.3 Å². The van der Waals surface area contributed by atoms with Crippen LogP contribution in [0.5, 0.6) is 5.75 Å². The molecule has 1 aliphatic rings.